The lowest BCUT2D eigenvalue weighted by atomic mass is 9.98. The van der Waals surface area contributed by atoms with Crippen LogP contribution in [0.1, 0.15) is 65.4 Å². The van der Waals surface area contributed by atoms with Crippen molar-refractivity contribution >= 4 is 47.4 Å². The molecule has 6 amide bonds. The van der Waals surface area contributed by atoms with Crippen LogP contribution in [0.2, 0.25) is 0 Å². The van der Waals surface area contributed by atoms with Gasteiger partial charge in [0.05, 0.1) is 6.42 Å². The summed E-state index contributed by atoms with van der Waals surface area (Å²) < 4.78 is 0. The number of aliphatic hydroxyl groups excluding tert-OH is 1. The molecule has 1 rings (SSSR count). The van der Waals surface area contributed by atoms with Gasteiger partial charge >= 0.3 is 5.97 Å². The van der Waals surface area contributed by atoms with Gasteiger partial charge in [0, 0.05) is 19.5 Å². The summed E-state index contributed by atoms with van der Waals surface area (Å²) in [6.45, 7) is 6.93. The number of carboxylic acid groups (broad SMARTS) is 1. The number of carboxylic acids is 1. The Labute approximate surface area is 308 Å². The molecule has 53 heavy (non-hydrogen) atoms. The molecule has 0 fully saturated rings. The summed E-state index contributed by atoms with van der Waals surface area (Å²) in [5.41, 5.74) is 22.0. The van der Waals surface area contributed by atoms with Gasteiger partial charge in [-0.15, -0.1) is 0 Å². The number of carbonyl (C=O) groups is 7. The summed E-state index contributed by atoms with van der Waals surface area (Å²) in [4.78, 5) is 93.9. The summed E-state index contributed by atoms with van der Waals surface area (Å²) in [7, 11) is 0. The van der Waals surface area contributed by atoms with E-state index in [0.717, 1.165) is 0 Å². The second kappa shape index (κ2) is 23.3. The van der Waals surface area contributed by atoms with Crippen molar-refractivity contribution in [2.45, 2.75) is 103 Å². The molecular formula is C34H56N10O9. The number of nitrogens with zero attached hydrogens (tertiary/aromatic N) is 1. The van der Waals surface area contributed by atoms with Crippen LogP contribution in [-0.2, 0) is 40.0 Å². The molecule has 0 radical (unpaired) electrons. The summed E-state index contributed by atoms with van der Waals surface area (Å²) in [5.74, 6) is -6.99. The summed E-state index contributed by atoms with van der Waals surface area (Å²) in [6, 6.07) is 2.16. The molecule has 15 N–H and O–H groups in total. The molecule has 0 aromatic heterocycles. The van der Waals surface area contributed by atoms with Crippen LogP contribution in [0, 0.1) is 11.8 Å². The Bertz CT molecular complexity index is 1420. The smallest absolute Gasteiger partial charge is 0.326 e. The lowest BCUT2D eigenvalue weighted by Crippen LogP contribution is -2.59. The highest BCUT2D eigenvalue weighted by molar-refractivity contribution is 5.96. The SMILES string of the molecule is CC(C)C[C@H](NC(=O)[C@H](CC(C)C)NC(=O)[C@H](Cc1ccccc1)NC(=O)[C@@H](O)CN)C(=O)N[C@@H](CCCN=C(N)N)C(=O)N[C@@H](CC(N)=O)C(=O)O. The third-order valence-corrected chi connectivity index (χ3v) is 7.72. The number of guanidine groups is 1. The minimum absolute atomic E-state index is 0.0267. The summed E-state index contributed by atoms with van der Waals surface area (Å²) in [5, 5.41) is 32.1. The van der Waals surface area contributed by atoms with Crippen LogP contribution in [0.4, 0.5) is 0 Å². The van der Waals surface area contributed by atoms with Crippen molar-refractivity contribution in [2.75, 3.05) is 13.1 Å². The number of rotatable bonds is 24. The Kier molecular flexibility index (Phi) is 20.1. The largest absolute Gasteiger partial charge is 0.480 e. The molecule has 0 unspecified atom stereocenters. The van der Waals surface area contributed by atoms with Crippen LogP contribution < -0.4 is 49.5 Å². The topological polar surface area (TPSA) is 337 Å². The number of amides is 6. The second-order valence-electron chi connectivity index (χ2n) is 13.5. The van der Waals surface area contributed by atoms with E-state index in [4.69, 9.17) is 22.9 Å². The van der Waals surface area contributed by atoms with Crippen molar-refractivity contribution in [3.8, 4) is 0 Å². The predicted molar refractivity (Wildman–Crippen MR) is 195 cm³/mol. The fourth-order valence-electron chi connectivity index (χ4n) is 5.10. The van der Waals surface area contributed by atoms with Crippen molar-refractivity contribution in [3.05, 3.63) is 35.9 Å². The van der Waals surface area contributed by atoms with Gasteiger partial charge in [0.15, 0.2) is 5.96 Å². The van der Waals surface area contributed by atoms with Crippen LogP contribution in [0.25, 0.3) is 0 Å². The van der Waals surface area contributed by atoms with Gasteiger partial charge in [0.25, 0.3) is 5.91 Å². The van der Waals surface area contributed by atoms with Gasteiger partial charge < -0.3 is 59.7 Å². The predicted octanol–water partition coefficient (Wildman–Crippen LogP) is -2.92. The number of primary amides is 1. The average Bonchev–Trinajstić information content (AvgIpc) is 3.07. The number of aliphatic hydroxyl groups is 1. The zero-order chi connectivity index (χ0) is 40.2. The Morgan fingerprint density at radius 1 is 0.679 bits per heavy atom. The highest BCUT2D eigenvalue weighted by Gasteiger charge is 2.33. The number of hydrogen-bond acceptors (Lipinski definition) is 10. The zero-order valence-corrected chi connectivity index (χ0v) is 30.7. The average molecular weight is 749 g/mol. The summed E-state index contributed by atoms with van der Waals surface area (Å²) >= 11 is 0. The normalized spacial score (nSPS) is 14.4. The minimum Gasteiger partial charge on any atom is -0.480 e. The number of aliphatic imine (C=N–C) groups is 1. The van der Waals surface area contributed by atoms with Crippen molar-refractivity contribution in [1.82, 2.24) is 26.6 Å². The van der Waals surface area contributed by atoms with Crippen LogP contribution in [0.3, 0.4) is 0 Å². The van der Waals surface area contributed by atoms with Crippen molar-refractivity contribution < 1.29 is 43.8 Å². The van der Waals surface area contributed by atoms with Crippen LogP contribution in [0.5, 0.6) is 0 Å². The quantitative estimate of drug-likeness (QED) is 0.0288. The van der Waals surface area contributed by atoms with E-state index in [1.54, 1.807) is 44.2 Å². The lowest BCUT2D eigenvalue weighted by molar-refractivity contribution is -0.143. The number of hydrogen-bond donors (Lipinski definition) is 11. The number of benzene rings is 1. The van der Waals surface area contributed by atoms with Crippen LogP contribution in [-0.4, -0.2) is 107 Å². The molecule has 1 aromatic rings. The van der Waals surface area contributed by atoms with Crippen molar-refractivity contribution in [1.29, 1.82) is 0 Å². The van der Waals surface area contributed by atoms with Gasteiger partial charge in [-0.3, -0.25) is 33.8 Å². The third kappa shape index (κ3) is 18.2. The number of carbonyl (C=O) groups excluding carboxylic acids is 6. The Morgan fingerprint density at radius 3 is 1.58 bits per heavy atom. The molecule has 19 heteroatoms. The standard InChI is InChI=1S/C34H56N10O9/c1-18(2)13-22(29(48)40-21(11-8-12-39-34(37)38)28(47)44-25(33(52)53)16-27(36)46)41-30(49)23(14-19(3)4)42-31(50)24(43-32(51)26(45)17-35)15-20-9-6-5-7-10-20/h5-7,9-10,18-19,21-26,45H,8,11-17,35H2,1-4H3,(H2,36,46)(H,40,48)(H,41,49)(H,42,50)(H,43,51)(H,44,47)(H,52,53)(H4,37,38,39)/t21-,22-,23-,24-,25-,26-/m0/s1. The Hall–Kier alpha value is -5.30. The molecule has 296 valence electrons. The van der Waals surface area contributed by atoms with Gasteiger partial charge in [-0.05, 0) is 43.1 Å². The van der Waals surface area contributed by atoms with Crippen LogP contribution >= 0.6 is 0 Å². The van der Waals surface area contributed by atoms with Gasteiger partial charge in [-0.1, -0.05) is 58.0 Å². The van der Waals surface area contributed by atoms with Gasteiger partial charge in [-0.2, -0.15) is 0 Å². The Balaban J connectivity index is 3.33. The highest BCUT2D eigenvalue weighted by Crippen LogP contribution is 2.12. The van der Waals surface area contributed by atoms with Gasteiger partial charge in [0.2, 0.25) is 29.5 Å². The molecule has 0 saturated carbocycles. The molecule has 19 nitrogen and oxygen atoms in total. The van der Waals surface area contributed by atoms with E-state index in [0.29, 0.717) is 5.56 Å². The van der Waals surface area contributed by atoms with E-state index >= 15 is 0 Å². The third-order valence-electron chi connectivity index (χ3n) is 7.72. The van der Waals surface area contributed by atoms with E-state index < -0.39 is 84.1 Å². The van der Waals surface area contributed by atoms with Gasteiger partial charge in [0.1, 0.15) is 36.3 Å². The molecule has 0 aliphatic heterocycles. The first-order valence-corrected chi connectivity index (χ1v) is 17.3. The van der Waals surface area contributed by atoms with Crippen molar-refractivity contribution in [2.24, 2.45) is 39.8 Å². The molecule has 0 aliphatic carbocycles. The van der Waals surface area contributed by atoms with E-state index in [-0.39, 0.29) is 63.0 Å². The number of nitrogens with one attached hydrogen (secondary N) is 5. The van der Waals surface area contributed by atoms with E-state index in [1.165, 1.54) is 0 Å². The van der Waals surface area contributed by atoms with Crippen molar-refractivity contribution in [3.63, 3.8) is 0 Å². The zero-order valence-electron chi connectivity index (χ0n) is 30.7. The minimum atomic E-state index is -1.67. The summed E-state index contributed by atoms with van der Waals surface area (Å²) in [6.07, 6.45) is -1.88. The molecule has 0 bridgehead atoms. The lowest BCUT2D eigenvalue weighted by Gasteiger charge is -2.28. The maximum Gasteiger partial charge on any atom is 0.326 e. The van der Waals surface area contributed by atoms with Crippen LogP contribution in [0.15, 0.2) is 35.3 Å². The highest BCUT2D eigenvalue weighted by atomic mass is 16.4. The fourth-order valence-corrected chi connectivity index (χ4v) is 5.10. The fraction of sp³-hybridized carbons (Fsp3) is 0.588. The van der Waals surface area contributed by atoms with E-state index in [9.17, 15) is 43.8 Å². The molecule has 0 heterocycles. The molecule has 0 spiro atoms. The molecule has 6 atom stereocenters. The first-order valence-electron chi connectivity index (χ1n) is 17.3. The first kappa shape index (κ1) is 45.7. The molecular weight excluding hydrogens is 692 g/mol. The molecule has 0 saturated heterocycles. The first-order chi connectivity index (χ1) is 24.8. The second-order valence-corrected chi connectivity index (χ2v) is 13.5. The van der Waals surface area contributed by atoms with Gasteiger partial charge in [-0.25, -0.2) is 4.79 Å². The maximum atomic E-state index is 13.8. The molecule has 1 aromatic carbocycles. The Morgan fingerprint density at radius 2 is 1.13 bits per heavy atom. The molecule has 0 aliphatic rings. The van der Waals surface area contributed by atoms with E-state index in [2.05, 4.69) is 31.6 Å². The monoisotopic (exact) mass is 748 g/mol. The number of aliphatic carboxylic acids is 1. The van der Waals surface area contributed by atoms with E-state index in [1.807, 2.05) is 13.8 Å². The maximum absolute atomic E-state index is 13.8. The number of nitrogens with two attached hydrogens (primary N) is 4.